The molecule has 2 atom stereocenters. The predicted molar refractivity (Wildman–Crippen MR) is 94.6 cm³/mol. The van der Waals surface area contributed by atoms with Crippen LogP contribution in [-0.2, 0) is 24.2 Å². The average Bonchev–Trinajstić information content (AvgIpc) is 2.67. The molecule has 0 spiro atoms. The SMILES string of the molecule is CC1(C)[C@H](C(=O)OCI)N2C(=O)/C(=C\c3ccccn3)[C@H]2S1(=O)=O. The molecule has 2 aliphatic heterocycles. The van der Waals surface area contributed by atoms with Crippen LogP contribution in [0, 0.1) is 0 Å². The number of hydrogen-bond acceptors (Lipinski definition) is 6. The van der Waals surface area contributed by atoms with Crippen molar-refractivity contribution in [3.8, 4) is 0 Å². The highest BCUT2D eigenvalue weighted by Crippen LogP contribution is 2.49. The van der Waals surface area contributed by atoms with Crippen molar-refractivity contribution in [3.63, 3.8) is 0 Å². The zero-order valence-electron chi connectivity index (χ0n) is 13.0. The second kappa shape index (κ2) is 5.80. The summed E-state index contributed by atoms with van der Waals surface area (Å²) < 4.78 is 29.4. The van der Waals surface area contributed by atoms with E-state index in [4.69, 9.17) is 4.74 Å². The number of sulfone groups is 1. The van der Waals surface area contributed by atoms with Gasteiger partial charge in [0.25, 0.3) is 5.91 Å². The minimum atomic E-state index is -3.77. The van der Waals surface area contributed by atoms with Gasteiger partial charge < -0.3 is 9.64 Å². The Balaban J connectivity index is 2.05. The van der Waals surface area contributed by atoms with Gasteiger partial charge in [-0.25, -0.2) is 13.2 Å². The van der Waals surface area contributed by atoms with Gasteiger partial charge in [0.1, 0.15) is 9.36 Å². The predicted octanol–water partition coefficient (Wildman–Crippen LogP) is 1.14. The third kappa shape index (κ3) is 2.28. The summed E-state index contributed by atoms with van der Waals surface area (Å²) in [5.41, 5.74) is 0.623. The fourth-order valence-corrected chi connectivity index (χ4v) is 5.50. The molecule has 0 radical (unpaired) electrons. The Labute approximate surface area is 153 Å². The van der Waals surface area contributed by atoms with E-state index in [1.54, 1.807) is 24.4 Å². The van der Waals surface area contributed by atoms with Crippen LogP contribution < -0.4 is 0 Å². The van der Waals surface area contributed by atoms with Crippen molar-refractivity contribution >= 4 is 50.4 Å². The summed E-state index contributed by atoms with van der Waals surface area (Å²) >= 11 is 1.85. The van der Waals surface area contributed by atoms with Gasteiger partial charge in [0.2, 0.25) is 0 Å². The first-order valence-electron chi connectivity index (χ1n) is 7.15. The zero-order valence-corrected chi connectivity index (χ0v) is 15.9. The van der Waals surface area contributed by atoms with Crippen LogP contribution in [-0.4, -0.2) is 51.0 Å². The number of hydrogen-bond donors (Lipinski definition) is 0. The number of fused-ring (bicyclic) bond motifs is 1. The van der Waals surface area contributed by atoms with E-state index >= 15 is 0 Å². The number of pyridine rings is 1. The molecule has 0 unspecified atom stereocenters. The Morgan fingerprint density at radius 2 is 2.17 bits per heavy atom. The largest absolute Gasteiger partial charge is 0.453 e. The molecule has 3 rings (SSSR count). The van der Waals surface area contributed by atoms with E-state index in [0.717, 1.165) is 4.90 Å². The van der Waals surface area contributed by atoms with Crippen molar-refractivity contribution in [2.45, 2.75) is 30.0 Å². The second-order valence-corrected chi connectivity index (χ2v) is 9.25. The number of nitrogens with zero attached hydrogens (tertiary/aromatic N) is 2. The molecule has 1 aromatic heterocycles. The minimum Gasteiger partial charge on any atom is -0.453 e. The van der Waals surface area contributed by atoms with Crippen molar-refractivity contribution in [1.82, 2.24) is 9.88 Å². The summed E-state index contributed by atoms with van der Waals surface area (Å²) in [5, 5.41) is -1.13. The Bertz CT molecular complexity index is 835. The van der Waals surface area contributed by atoms with E-state index in [9.17, 15) is 18.0 Å². The number of carbonyl (C=O) groups excluding carboxylic acids is 2. The first-order chi connectivity index (χ1) is 11.2. The van der Waals surface area contributed by atoms with Gasteiger partial charge in [-0.1, -0.05) is 6.07 Å². The van der Waals surface area contributed by atoms with Crippen LogP contribution in [0.5, 0.6) is 0 Å². The number of rotatable bonds is 3. The maximum Gasteiger partial charge on any atom is 0.331 e. The summed E-state index contributed by atoms with van der Waals surface area (Å²) in [6, 6.07) is 4.00. The number of carbonyl (C=O) groups is 2. The van der Waals surface area contributed by atoms with Crippen LogP contribution in [0.25, 0.3) is 6.08 Å². The van der Waals surface area contributed by atoms with Crippen LogP contribution in [0.15, 0.2) is 30.0 Å². The third-order valence-electron chi connectivity index (χ3n) is 4.38. The maximum atomic E-state index is 12.9. The smallest absolute Gasteiger partial charge is 0.331 e. The molecule has 7 nitrogen and oxygen atoms in total. The number of esters is 1. The Kier molecular flexibility index (Phi) is 4.19. The van der Waals surface area contributed by atoms with E-state index in [-0.39, 0.29) is 10.2 Å². The molecule has 1 aromatic rings. The molecule has 24 heavy (non-hydrogen) atoms. The number of alkyl halides is 1. The van der Waals surface area contributed by atoms with Crippen molar-refractivity contribution in [2.24, 2.45) is 0 Å². The molecule has 0 N–H and O–H groups in total. The van der Waals surface area contributed by atoms with Gasteiger partial charge in [0, 0.05) is 6.20 Å². The molecule has 2 aliphatic rings. The van der Waals surface area contributed by atoms with Crippen LogP contribution in [0.2, 0.25) is 0 Å². The lowest BCUT2D eigenvalue weighted by Gasteiger charge is -2.38. The lowest BCUT2D eigenvalue weighted by Crippen LogP contribution is -2.59. The minimum absolute atomic E-state index is 0.0898. The lowest BCUT2D eigenvalue weighted by atomic mass is 9.95. The summed E-state index contributed by atoms with van der Waals surface area (Å²) in [6.07, 6.45) is 3.02. The number of amides is 1. The van der Waals surface area contributed by atoms with E-state index in [2.05, 4.69) is 4.98 Å². The molecule has 0 saturated carbocycles. The van der Waals surface area contributed by atoms with E-state index < -0.39 is 37.9 Å². The van der Waals surface area contributed by atoms with Gasteiger partial charge in [-0.3, -0.25) is 9.78 Å². The highest BCUT2D eigenvalue weighted by Gasteiger charge is 2.70. The van der Waals surface area contributed by atoms with Crippen molar-refractivity contribution in [1.29, 1.82) is 0 Å². The fourth-order valence-electron chi connectivity index (χ4n) is 3.08. The normalized spacial score (nSPS) is 28.4. The Morgan fingerprint density at radius 1 is 1.46 bits per heavy atom. The Hall–Kier alpha value is -1.49. The monoisotopic (exact) mass is 462 g/mol. The van der Waals surface area contributed by atoms with Crippen molar-refractivity contribution in [3.05, 3.63) is 35.7 Å². The number of aromatic nitrogens is 1. The second-order valence-electron chi connectivity index (χ2n) is 6.04. The fraction of sp³-hybridized carbons (Fsp3) is 0.400. The summed E-state index contributed by atoms with van der Waals surface area (Å²) in [5.74, 6) is -1.18. The summed E-state index contributed by atoms with van der Waals surface area (Å²) in [7, 11) is -3.77. The maximum absolute atomic E-state index is 12.9. The molecule has 2 fully saturated rings. The molecule has 0 aromatic carbocycles. The molecular formula is C15H15IN2O5S. The third-order valence-corrected chi connectivity index (χ3v) is 7.45. The molecule has 1 amide bonds. The molecule has 3 heterocycles. The molecule has 9 heteroatoms. The van der Waals surface area contributed by atoms with E-state index in [0.29, 0.717) is 5.69 Å². The topological polar surface area (TPSA) is 93.6 Å². The van der Waals surface area contributed by atoms with Gasteiger partial charge >= 0.3 is 5.97 Å². The van der Waals surface area contributed by atoms with E-state index in [1.165, 1.54) is 19.9 Å². The lowest BCUT2D eigenvalue weighted by molar-refractivity contribution is -0.155. The average molecular weight is 462 g/mol. The summed E-state index contributed by atoms with van der Waals surface area (Å²) in [4.78, 5) is 29.9. The highest BCUT2D eigenvalue weighted by molar-refractivity contribution is 14.1. The molecular weight excluding hydrogens is 447 g/mol. The number of β-lactam (4-membered cyclic amide) rings is 1. The Morgan fingerprint density at radius 3 is 2.75 bits per heavy atom. The first-order valence-corrected chi connectivity index (χ1v) is 10.2. The number of halogens is 1. The number of ether oxygens (including phenoxy) is 1. The molecule has 0 aliphatic carbocycles. The molecule has 0 bridgehead atoms. The van der Waals surface area contributed by atoms with Crippen LogP contribution in [0.1, 0.15) is 19.5 Å². The van der Waals surface area contributed by atoms with E-state index in [1.807, 2.05) is 22.6 Å². The van der Waals surface area contributed by atoms with Crippen molar-refractivity contribution < 1.29 is 22.7 Å². The standard InChI is InChI=1S/C15H15IN2O5S/c1-15(2)11(14(20)23-8-16)18-12(19)10(13(18)24(15,21)22)7-9-5-3-4-6-17-9/h3-7,11,13H,8H2,1-2H3/b10-7+/t11-,13+/m0/s1. The van der Waals surface area contributed by atoms with Crippen molar-refractivity contribution in [2.75, 3.05) is 4.61 Å². The van der Waals surface area contributed by atoms with Crippen LogP contribution >= 0.6 is 22.6 Å². The van der Waals surface area contributed by atoms with Crippen LogP contribution in [0.3, 0.4) is 0 Å². The molecule has 2 saturated heterocycles. The van der Waals surface area contributed by atoms with Gasteiger partial charge in [-0.15, -0.1) is 0 Å². The van der Waals surface area contributed by atoms with Gasteiger partial charge in [-0.05, 0) is 54.6 Å². The first kappa shape index (κ1) is 17.3. The molecule has 128 valence electrons. The van der Waals surface area contributed by atoms with Gasteiger partial charge in [-0.2, -0.15) is 0 Å². The van der Waals surface area contributed by atoms with Gasteiger partial charge in [0.15, 0.2) is 21.3 Å². The quantitative estimate of drug-likeness (QED) is 0.220. The summed E-state index contributed by atoms with van der Waals surface area (Å²) in [6.45, 7) is 2.90. The van der Waals surface area contributed by atoms with Crippen LogP contribution in [0.4, 0.5) is 0 Å². The van der Waals surface area contributed by atoms with Gasteiger partial charge in [0.05, 0.1) is 11.3 Å². The zero-order chi connectivity index (χ0) is 17.7. The highest BCUT2D eigenvalue weighted by atomic mass is 127.